The van der Waals surface area contributed by atoms with E-state index >= 15 is 4.39 Å². The molecule has 2 aliphatic heterocycles. The highest BCUT2D eigenvalue weighted by Gasteiger charge is 2.32. The summed E-state index contributed by atoms with van der Waals surface area (Å²) in [6.07, 6.45) is 1.98. The second-order valence-electron chi connectivity index (χ2n) is 15.7. The molecule has 2 N–H and O–H groups in total. The number of fused-ring (bicyclic) bond motifs is 4. The molecule has 0 bridgehead atoms. The summed E-state index contributed by atoms with van der Waals surface area (Å²) >= 11 is 0. The molecule has 2 amide bonds. The molecule has 1 atom stereocenters. The molecule has 2 aliphatic rings. The van der Waals surface area contributed by atoms with E-state index in [9.17, 15) is 24.0 Å². The van der Waals surface area contributed by atoms with Gasteiger partial charge >= 0.3 is 6.09 Å². The quantitative estimate of drug-likeness (QED) is 0.138. The molecular formula is C41H43FN6O7. The highest BCUT2D eigenvalue weighted by Crippen LogP contribution is 2.38. The first-order valence-electron chi connectivity index (χ1n) is 18.7. The molecule has 6 aromatic rings. The van der Waals surface area contributed by atoms with Gasteiger partial charge in [0.15, 0.2) is 27.8 Å². The summed E-state index contributed by atoms with van der Waals surface area (Å²) in [6, 6.07) is 10.3. The first-order chi connectivity index (χ1) is 26.3. The van der Waals surface area contributed by atoms with Gasteiger partial charge in [-0.05, 0) is 65.4 Å². The molecule has 4 heterocycles. The molecule has 55 heavy (non-hydrogen) atoms. The SMILES string of the molecule is CN1CCN(CCCNC(=O)c2cn3c4cc5c(=O)c6ccccc6c(=O)c5cc4oc4c(N5CCC(NC(=O)OC(C)(C)C)C5)c(F)cc(c2=O)c43)CC1. The molecule has 0 aliphatic carbocycles. The van der Waals surface area contributed by atoms with Crippen LogP contribution in [0.25, 0.3) is 49.1 Å². The summed E-state index contributed by atoms with van der Waals surface area (Å²) in [4.78, 5) is 74.2. The number of aromatic nitrogens is 1. The molecule has 2 fully saturated rings. The Bertz CT molecular complexity index is 2700. The molecule has 14 heteroatoms. The van der Waals surface area contributed by atoms with Crippen LogP contribution < -0.4 is 31.8 Å². The molecule has 8 rings (SSSR count). The van der Waals surface area contributed by atoms with E-state index in [2.05, 4.69) is 27.5 Å². The number of alkyl carbamates (subject to hydrolysis) is 1. The fourth-order valence-electron chi connectivity index (χ4n) is 7.88. The molecule has 13 nitrogen and oxygen atoms in total. The predicted molar refractivity (Wildman–Crippen MR) is 211 cm³/mol. The molecule has 0 radical (unpaired) electrons. The number of hydrogen-bond acceptors (Lipinski definition) is 10. The zero-order valence-corrected chi connectivity index (χ0v) is 31.3. The third-order valence-electron chi connectivity index (χ3n) is 10.6. The number of nitrogens with zero attached hydrogens (tertiary/aromatic N) is 4. The number of carbonyl (C=O) groups is 2. The summed E-state index contributed by atoms with van der Waals surface area (Å²) < 4.78 is 30.0. The van der Waals surface area contributed by atoms with Crippen molar-refractivity contribution in [2.24, 2.45) is 0 Å². The van der Waals surface area contributed by atoms with Gasteiger partial charge in [-0.3, -0.25) is 19.2 Å². The second-order valence-corrected chi connectivity index (χ2v) is 15.7. The van der Waals surface area contributed by atoms with E-state index in [-0.39, 0.29) is 78.3 Å². The van der Waals surface area contributed by atoms with Crippen LogP contribution in [0.1, 0.15) is 44.0 Å². The number of hydrogen-bond donors (Lipinski definition) is 2. The van der Waals surface area contributed by atoms with E-state index in [1.807, 2.05) is 0 Å². The summed E-state index contributed by atoms with van der Waals surface area (Å²) in [7, 11) is 2.09. The van der Waals surface area contributed by atoms with Crippen LogP contribution in [0, 0.1) is 5.82 Å². The Morgan fingerprint density at radius 2 is 1.60 bits per heavy atom. The van der Waals surface area contributed by atoms with Gasteiger partial charge in [0.2, 0.25) is 5.43 Å². The molecule has 286 valence electrons. The lowest BCUT2D eigenvalue weighted by atomic mass is 10.0. The Labute approximate surface area is 314 Å². The maximum atomic E-state index is 16.5. The molecule has 4 aromatic carbocycles. The number of anilines is 1. The number of carbonyl (C=O) groups excluding carboxylic acids is 2. The number of ether oxygens (including phenoxy) is 1. The van der Waals surface area contributed by atoms with Gasteiger partial charge in [-0.2, -0.15) is 0 Å². The third kappa shape index (κ3) is 6.73. The van der Waals surface area contributed by atoms with E-state index in [1.165, 1.54) is 18.3 Å². The van der Waals surface area contributed by atoms with Gasteiger partial charge in [-0.25, -0.2) is 9.18 Å². The van der Waals surface area contributed by atoms with Crippen LogP contribution in [0.3, 0.4) is 0 Å². The van der Waals surface area contributed by atoms with Gasteiger partial charge in [0.05, 0.1) is 16.9 Å². The lowest BCUT2D eigenvalue weighted by Crippen LogP contribution is -2.45. The number of amides is 2. The first-order valence-corrected chi connectivity index (χ1v) is 18.7. The van der Waals surface area contributed by atoms with Crippen LogP contribution in [0.15, 0.2) is 67.5 Å². The van der Waals surface area contributed by atoms with E-state index < -0.39 is 28.8 Å². The maximum absolute atomic E-state index is 16.5. The van der Waals surface area contributed by atoms with E-state index in [0.717, 1.165) is 38.8 Å². The Hall–Kier alpha value is -5.60. The Kier molecular flexibility index (Phi) is 9.20. The molecular weight excluding hydrogens is 707 g/mol. The monoisotopic (exact) mass is 750 g/mol. The zero-order valence-electron chi connectivity index (χ0n) is 31.3. The van der Waals surface area contributed by atoms with Crippen molar-refractivity contribution in [1.82, 2.24) is 24.8 Å². The van der Waals surface area contributed by atoms with Crippen LogP contribution in [0.5, 0.6) is 0 Å². The molecule has 2 aromatic heterocycles. The van der Waals surface area contributed by atoms with Gasteiger partial charge in [-0.1, -0.05) is 24.3 Å². The largest absolute Gasteiger partial charge is 0.451 e. The molecule has 0 spiro atoms. The molecule has 2 saturated heterocycles. The maximum Gasteiger partial charge on any atom is 0.407 e. The third-order valence-corrected chi connectivity index (χ3v) is 10.6. The smallest absolute Gasteiger partial charge is 0.407 e. The summed E-state index contributed by atoms with van der Waals surface area (Å²) in [6.45, 7) is 10.8. The highest BCUT2D eigenvalue weighted by molar-refractivity contribution is 6.08. The van der Waals surface area contributed by atoms with Crippen LogP contribution in [0.2, 0.25) is 0 Å². The fraction of sp³-hybridized carbons (Fsp3) is 0.390. The topological polar surface area (TPSA) is 146 Å². The average Bonchev–Trinajstić information content (AvgIpc) is 3.60. The van der Waals surface area contributed by atoms with Crippen molar-refractivity contribution in [3.8, 4) is 0 Å². The predicted octanol–water partition coefficient (Wildman–Crippen LogP) is 4.27. The summed E-state index contributed by atoms with van der Waals surface area (Å²) in [5, 5.41) is 6.45. The zero-order chi connectivity index (χ0) is 38.8. The minimum atomic E-state index is -0.754. The minimum Gasteiger partial charge on any atom is -0.451 e. The second kappa shape index (κ2) is 13.9. The van der Waals surface area contributed by atoms with Crippen molar-refractivity contribution in [3.63, 3.8) is 0 Å². The molecule has 0 saturated carbocycles. The van der Waals surface area contributed by atoms with Gasteiger partial charge in [0, 0.05) is 73.6 Å². The number of halogens is 1. The van der Waals surface area contributed by atoms with Crippen LogP contribution in [0.4, 0.5) is 14.9 Å². The standard InChI is InChI=1S/C41H43FN6O7/c1-41(2,3)55-40(53)44-23-10-13-47(21-23)34-30(42)18-28-33-38(34)54-32-20-27-26(35(49)24-8-5-6-9-25(24)36(27)50)19-31(32)48(33)22-29(37(28)51)39(52)43-11-7-12-46-16-14-45(4)15-17-46/h5-6,8-9,18-20,22-23H,7,10-17,21H2,1-4H3,(H,43,52)(H,44,53). The number of piperazine rings is 1. The van der Waals surface area contributed by atoms with Crippen molar-refractivity contribution >= 4 is 66.8 Å². The van der Waals surface area contributed by atoms with Crippen LogP contribution >= 0.6 is 0 Å². The van der Waals surface area contributed by atoms with Crippen molar-refractivity contribution in [1.29, 1.82) is 0 Å². The fourth-order valence-corrected chi connectivity index (χ4v) is 7.88. The van der Waals surface area contributed by atoms with E-state index in [1.54, 1.807) is 54.3 Å². The lowest BCUT2D eigenvalue weighted by Gasteiger charge is -2.32. The number of pyridine rings is 1. The average molecular weight is 751 g/mol. The normalized spacial score (nSPS) is 17.3. The number of rotatable bonds is 7. The minimum absolute atomic E-state index is 0.0200. The number of nitrogens with one attached hydrogen (secondary N) is 2. The van der Waals surface area contributed by atoms with Crippen molar-refractivity contribution in [3.05, 3.63) is 90.7 Å². The van der Waals surface area contributed by atoms with Crippen LogP contribution in [-0.2, 0) is 4.74 Å². The summed E-state index contributed by atoms with van der Waals surface area (Å²) in [5.74, 6) is -1.36. The highest BCUT2D eigenvalue weighted by atomic mass is 19.1. The van der Waals surface area contributed by atoms with Gasteiger partial charge in [0.1, 0.15) is 22.4 Å². The molecule has 1 unspecified atom stereocenters. The summed E-state index contributed by atoms with van der Waals surface area (Å²) in [5.41, 5.74) is -1.55. The Morgan fingerprint density at radius 1 is 0.909 bits per heavy atom. The van der Waals surface area contributed by atoms with Gasteiger partial charge < -0.3 is 38.9 Å². The van der Waals surface area contributed by atoms with Gasteiger partial charge in [-0.15, -0.1) is 0 Å². The van der Waals surface area contributed by atoms with Gasteiger partial charge in [0.25, 0.3) is 5.91 Å². The Morgan fingerprint density at radius 3 is 2.29 bits per heavy atom. The lowest BCUT2D eigenvalue weighted by molar-refractivity contribution is 0.0508. The van der Waals surface area contributed by atoms with E-state index in [0.29, 0.717) is 31.4 Å². The van der Waals surface area contributed by atoms with E-state index in [4.69, 9.17) is 9.15 Å². The number of benzene rings is 4. The van der Waals surface area contributed by atoms with Crippen molar-refractivity contribution in [2.75, 3.05) is 64.3 Å². The van der Waals surface area contributed by atoms with Crippen molar-refractivity contribution in [2.45, 2.75) is 45.3 Å². The number of likely N-dealkylation sites (N-methyl/N-ethyl adjacent to an activating group) is 1. The Balaban J connectivity index is 1.25. The van der Waals surface area contributed by atoms with Crippen LogP contribution in [-0.4, -0.2) is 97.2 Å². The first kappa shape index (κ1) is 36.4. The van der Waals surface area contributed by atoms with Crippen molar-refractivity contribution < 1.29 is 23.1 Å².